The highest BCUT2D eigenvalue weighted by Crippen LogP contribution is 2.37. The van der Waals surface area contributed by atoms with Gasteiger partial charge < -0.3 is 15.0 Å². The second-order valence-corrected chi connectivity index (χ2v) is 12.5. The van der Waals surface area contributed by atoms with Gasteiger partial charge in [-0.25, -0.2) is 18.1 Å². The number of hydrogen-bond acceptors (Lipinski definition) is 8. The van der Waals surface area contributed by atoms with E-state index in [1.807, 2.05) is 24.3 Å². The summed E-state index contributed by atoms with van der Waals surface area (Å²) in [5.74, 6) is 1.19. The summed E-state index contributed by atoms with van der Waals surface area (Å²) in [5, 5.41) is 7.36. The Kier molecular flexibility index (Phi) is 8.27. The highest BCUT2D eigenvalue weighted by molar-refractivity contribution is 7.92. The van der Waals surface area contributed by atoms with Gasteiger partial charge >= 0.3 is 0 Å². The van der Waals surface area contributed by atoms with Gasteiger partial charge in [-0.05, 0) is 47.2 Å². The number of piperazine rings is 1. The maximum Gasteiger partial charge on any atom is 0.267 e. The van der Waals surface area contributed by atoms with Crippen molar-refractivity contribution in [1.29, 1.82) is 0 Å². The first-order valence-electron chi connectivity index (χ1n) is 13.9. The number of nitrogens with zero attached hydrogens (tertiary/aromatic N) is 5. The van der Waals surface area contributed by atoms with Gasteiger partial charge in [0.15, 0.2) is 0 Å². The molecule has 0 atom stereocenters. The van der Waals surface area contributed by atoms with Crippen molar-refractivity contribution < 1.29 is 13.2 Å². The molecule has 0 unspecified atom stereocenters. The molecule has 0 amide bonds. The largest absolute Gasteiger partial charge is 0.439 e. The quantitative estimate of drug-likeness (QED) is 0.283. The van der Waals surface area contributed by atoms with Crippen LogP contribution >= 0.6 is 0 Å². The van der Waals surface area contributed by atoms with Crippen molar-refractivity contribution in [3.8, 4) is 22.9 Å². The average Bonchev–Trinajstić information content (AvgIpc) is 3.40. The van der Waals surface area contributed by atoms with E-state index in [9.17, 15) is 8.42 Å². The SMILES string of the molecule is CC(C)c1cccc(C(C)C)c1-c1cc(Oc2ccc(N3CCNCC3)cc2)nc(NS(=O)(=O)c2cnn(C)c2)n1. The number of anilines is 2. The maximum atomic E-state index is 13.2. The van der Waals surface area contributed by atoms with E-state index in [0.717, 1.165) is 48.6 Å². The van der Waals surface area contributed by atoms with Crippen LogP contribution in [0.3, 0.4) is 0 Å². The van der Waals surface area contributed by atoms with Crippen molar-refractivity contribution in [3.63, 3.8) is 0 Å². The summed E-state index contributed by atoms with van der Waals surface area (Å²) < 4.78 is 36.5. The smallest absolute Gasteiger partial charge is 0.267 e. The van der Waals surface area contributed by atoms with Gasteiger partial charge in [0.1, 0.15) is 10.6 Å². The molecular weight excluding hydrogens is 538 g/mol. The molecule has 2 aromatic carbocycles. The summed E-state index contributed by atoms with van der Waals surface area (Å²) in [7, 11) is -2.32. The fourth-order valence-electron chi connectivity index (χ4n) is 4.98. The van der Waals surface area contributed by atoms with Gasteiger partial charge in [-0.2, -0.15) is 10.1 Å². The molecule has 10 nitrogen and oxygen atoms in total. The lowest BCUT2D eigenvalue weighted by atomic mass is 9.87. The molecule has 0 radical (unpaired) electrons. The van der Waals surface area contributed by atoms with Crippen LogP contribution in [0, 0.1) is 0 Å². The summed E-state index contributed by atoms with van der Waals surface area (Å²) in [5.41, 5.74) is 4.90. The van der Waals surface area contributed by atoms with E-state index in [1.165, 1.54) is 17.1 Å². The van der Waals surface area contributed by atoms with Gasteiger partial charge in [0.05, 0.1) is 11.9 Å². The number of hydrogen-bond donors (Lipinski definition) is 2. The van der Waals surface area contributed by atoms with E-state index < -0.39 is 10.0 Å². The van der Waals surface area contributed by atoms with Crippen molar-refractivity contribution in [2.45, 2.75) is 44.4 Å². The van der Waals surface area contributed by atoms with E-state index >= 15 is 0 Å². The number of benzene rings is 2. The summed E-state index contributed by atoms with van der Waals surface area (Å²) in [4.78, 5) is 11.5. The first-order chi connectivity index (χ1) is 19.6. The second kappa shape index (κ2) is 11.9. The van der Waals surface area contributed by atoms with Crippen LogP contribution < -0.4 is 19.7 Å². The fourth-order valence-corrected chi connectivity index (χ4v) is 5.91. The van der Waals surface area contributed by atoms with Crippen molar-refractivity contribution >= 4 is 21.7 Å². The minimum Gasteiger partial charge on any atom is -0.439 e. The number of aryl methyl sites for hydroxylation is 1. The third kappa shape index (κ3) is 6.52. The summed E-state index contributed by atoms with van der Waals surface area (Å²) in [6.45, 7) is 12.3. The number of nitrogens with one attached hydrogen (secondary N) is 2. The molecule has 0 saturated carbocycles. The van der Waals surface area contributed by atoms with Crippen LogP contribution in [0.25, 0.3) is 11.3 Å². The minimum absolute atomic E-state index is 0.0189. The zero-order chi connectivity index (χ0) is 29.1. The summed E-state index contributed by atoms with van der Waals surface area (Å²) >= 11 is 0. The monoisotopic (exact) mass is 575 g/mol. The Bertz CT molecular complexity index is 1580. The molecule has 0 bridgehead atoms. The molecular formula is C30H37N7O3S. The molecule has 3 heterocycles. The highest BCUT2D eigenvalue weighted by atomic mass is 32.2. The van der Waals surface area contributed by atoms with Gasteiger partial charge in [-0.3, -0.25) is 4.68 Å². The first kappa shape index (κ1) is 28.6. The van der Waals surface area contributed by atoms with Crippen LogP contribution in [0.2, 0.25) is 0 Å². The Labute approximate surface area is 241 Å². The predicted octanol–water partition coefficient (Wildman–Crippen LogP) is 5.13. The average molecular weight is 576 g/mol. The molecule has 5 rings (SSSR count). The number of rotatable bonds is 9. The lowest BCUT2D eigenvalue weighted by Gasteiger charge is -2.29. The van der Waals surface area contributed by atoms with Crippen LogP contribution in [-0.4, -0.2) is 54.3 Å². The van der Waals surface area contributed by atoms with E-state index in [2.05, 4.69) is 70.9 Å². The molecule has 2 N–H and O–H groups in total. The molecule has 11 heteroatoms. The molecule has 0 aliphatic carbocycles. The third-order valence-electron chi connectivity index (χ3n) is 7.09. The molecule has 1 saturated heterocycles. The Hall–Kier alpha value is -3.96. The van der Waals surface area contributed by atoms with Crippen LogP contribution in [-0.2, 0) is 17.1 Å². The Morgan fingerprint density at radius 2 is 1.61 bits per heavy atom. The Balaban J connectivity index is 1.56. The molecule has 1 fully saturated rings. The zero-order valence-corrected chi connectivity index (χ0v) is 24.9. The molecule has 4 aromatic rings. The van der Waals surface area contributed by atoms with Crippen LogP contribution in [0.1, 0.15) is 50.7 Å². The van der Waals surface area contributed by atoms with Crippen LogP contribution in [0.4, 0.5) is 11.6 Å². The van der Waals surface area contributed by atoms with Crippen molar-refractivity contribution in [3.05, 3.63) is 72.1 Å². The van der Waals surface area contributed by atoms with Gasteiger partial charge in [0.25, 0.3) is 10.0 Å². The van der Waals surface area contributed by atoms with E-state index in [-0.39, 0.29) is 28.6 Å². The van der Waals surface area contributed by atoms with E-state index in [4.69, 9.17) is 9.72 Å². The van der Waals surface area contributed by atoms with Gasteiger partial charge in [0, 0.05) is 56.7 Å². The molecule has 216 valence electrons. The first-order valence-corrected chi connectivity index (χ1v) is 15.4. The van der Waals surface area contributed by atoms with Crippen molar-refractivity contribution in [2.75, 3.05) is 35.8 Å². The fraction of sp³-hybridized carbons (Fsp3) is 0.367. The van der Waals surface area contributed by atoms with Gasteiger partial charge in [-0.15, -0.1) is 0 Å². The topological polar surface area (TPSA) is 114 Å². The Morgan fingerprint density at radius 1 is 0.951 bits per heavy atom. The lowest BCUT2D eigenvalue weighted by molar-refractivity contribution is 0.463. The molecule has 1 aliphatic rings. The van der Waals surface area contributed by atoms with Crippen LogP contribution in [0.5, 0.6) is 11.6 Å². The number of aromatic nitrogens is 4. The standard InChI is InChI=1S/C30H37N7O3S/c1-20(2)25-7-6-8-26(21(3)4)29(25)27-17-28(34-30(33-27)35-41(38,39)24-18-32-36(5)19-24)40-23-11-9-22(10-12-23)37-15-13-31-14-16-37/h6-12,17-21,31H,13-16H2,1-5H3,(H,33,34,35). The lowest BCUT2D eigenvalue weighted by Crippen LogP contribution is -2.43. The predicted molar refractivity (Wildman–Crippen MR) is 161 cm³/mol. The summed E-state index contributed by atoms with van der Waals surface area (Å²) in [6, 6.07) is 15.9. The molecule has 41 heavy (non-hydrogen) atoms. The number of ether oxygens (including phenoxy) is 1. The summed E-state index contributed by atoms with van der Waals surface area (Å²) in [6.07, 6.45) is 2.71. The minimum atomic E-state index is -3.98. The van der Waals surface area contributed by atoms with E-state index in [1.54, 1.807) is 13.1 Å². The van der Waals surface area contributed by atoms with Crippen molar-refractivity contribution in [1.82, 2.24) is 25.1 Å². The molecule has 0 spiro atoms. The van der Waals surface area contributed by atoms with E-state index in [0.29, 0.717) is 11.4 Å². The van der Waals surface area contributed by atoms with Gasteiger partial charge in [-0.1, -0.05) is 45.9 Å². The van der Waals surface area contributed by atoms with Gasteiger partial charge in [0.2, 0.25) is 11.8 Å². The normalized spacial score (nSPS) is 14.1. The molecule has 2 aromatic heterocycles. The zero-order valence-electron chi connectivity index (χ0n) is 24.1. The Morgan fingerprint density at radius 3 is 2.20 bits per heavy atom. The van der Waals surface area contributed by atoms with Crippen molar-refractivity contribution in [2.24, 2.45) is 7.05 Å². The highest BCUT2D eigenvalue weighted by Gasteiger charge is 2.22. The maximum absolute atomic E-state index is 13.2. The van der Waals surface area contributed by atoms with Crippen LogP contribution in [0.15, 0.2) is 65.8 Å². The number of sulfonamides is 1. The second-order valence-electron chi connectivity index (χ2n) is 10.8. The molecule has 1 aliphatic heterocycles. The third-order valence-corrected chi connectivity index (χ3v) is 8.37.